The second-order valence-electron chi connectivity index (χ2n) is 7.20. The minimum absolute atomic E-state index is 0.146. The molecule has 2 nitrogen and oxygen atoms in total. The van der Waals surface area contributed by atoms with E-state index in [4.69, 9.17) is 5.11 Å². The highest BCUT2D eigenvalue weighted by molar-refractivity contribution is 5.66. The van der Waals surface area contributed by atoms with Crippen LogP contribution in [-0.4, -0.2) is 17.8 Å². The fourth-order valence-corrected chi connectivity index (χ4v) is 3.20. The number of carboxylic acids is 1. The molecule has 0 fully saturated rings. The van der Waals surface area contributed by atoms with Gasteiger partial charge in [0.05, 0.1) is 6.67 Å². The Bertz CT molecular complexity index is 256. The van der Waals surface area contributed by atoms with Crippen molar-refractivity contribution in [1.82, 2.24) is 0 Å². The Morgan fingerprint density at radius 1 is 0.500 bits per heavy atom. The lowest BCUT2D eigenvalue weighted by Gasteiger charge is -2.03. The third-order valence-electron chi connectivity index (χ3n) is 4.77. The summed E-state index contributed by atoms with van der Waals surface area (Å²) in [5.41, 5.74) is 0. The maximum Gasteiger partial charge on any atom is 0.303 e. The molecule has 0 atom stereocenters. The molecule has 0 radical (unpaired) electrons. The van der Waals surface area contributed by atoms with E-state index in [9.17, 15) is 9.18 Å². The Hall–Kier alpha value is -0.600. The molecule has 24 heavy (non-hydrogen) atoms. The Kier molecular flexibility index (Phi) is 19.9. The molecule has 0 aromatic rings. The molecule has 0 aliphatic carbocycles. The first-order valence-corrected chi connectivity index (χ1v) is 10.5. The lowest BCUT2D eigenvalue weighted by Crippen LogP contribution is -1.93. The van der Waals surface area contributed by atoms with Crippen molar-refractivity contribution in [1.29, 1.82) is 0 Å². The van der Waals surface area contributed by atoms with Crippen LogP contribution in [-0.2, 0) is 4.79 Å². The molecular weight excluding hydrogens is 303 g/mol. The number of aliphatic carboxylic acids is 1. The van der Waals surface area contributed by atoms with Gasteiger partial charge in [-0.2, -0.15) is 0 Å². The molecule has 0 bridgehead atoms. The summed E-state index contributed by atoms with van der Waals surface area (Å²) in [7, 11) is 0. The summed E-state index contributed by atoms with van der Waals surface area (Å²) in [4.78, 5) is 10.4. The van der Waals surface area contributed by atoms with E-state index in [2.05, 4.69) is 0 Å². The highest BCUT2D eigenvalue weighted by Gasteiger charge is 1.97. The summed E-state index contributed by atoms with van der Waals surface area (Å²) in [5, 5.41) is 8.55. The molecule has 0 aromatic carbocycles. The fraction of sp³-hybridized carbons (Fsp3) is 0.952. The van der Waals surface area contributed by atoms with Crippen LogP contribution >= 0.6 is 0 Å². The predicted octanol–water partition coefficient (Wildman–Crippen LogP) is 7.45. The zero-order valence-electron chi connectivity index (χ0n) is 15.9. The molecule has 0 saturated heterocycles. The summed E-state index contributed by atoms with van der Waals surface area (Å²) in [6.45, 7) is -0.146. The minimum atomic E-state index is -0.663. The summed E-state index contributed by atoms with van der Waals surface area (Å²) in [6, 6.07) is 0. The number of hydrogen-bond acceptors (Lipinski definition) is 1. The molecule has 3 heteroatoms. The van der Waals surface area contributed by atoms with Crippen molar-refractivity contribution in [3.8, 4) is 0 Å². The summed E-state index contributed by atoms with van der Waals surface area (Å²) in [6.07, 6.45) is 22.7. The molecule has 0 saturated carbocycles. The van der Waals surface area contributed by atoms with Gasteiger partial charge in [0.2, 0.25) is 0 Å². The number of hydrogen-bond donors (Lipinski definition) is 1. The highest BCUT2D eigenvalue weighted by Crippen LogP contribution is 2.14. The number of alkyl halides is 1. The normalized spacial score (nSPS) is 11.0. The lowest BCUT2D eigenvalue weighted by molar-refractivity contribution is -0.137. The van der Waals surface area contributed by atoms with Gasteiger partial charge in [-0.1, -0.05) is 103 Å². The molecule has 0 amide bonds. The van der Waals surface area contributed by atoms with Crippen molar-refractivity contribution >= 4 is 5.97 Å². The third-order valence-corrected chi connectivity index (χ3v) is 4.77. The number of halogens is 1. The average molecular weight is 345 g/mol. The smallest absolute Gasteiger partial charge is 0.303 e. The summed E-state index contributed by atoms with van der Waals surface area (Å²) < 4.78 is 11.9. The number of rotatable bonds is 20. The van der Waals surface area contributed by atoms with Gasteiger partial charge in [-0.3, -0.25) is 9.18 Å². The molecule has 0 aliphatic heterocycles. The maximum absolute atomic E-state index is 11.9. The molecule has 1 N–H and O–H groups in total. The topological polar surface area (TPSA) is 37.3 Å². The lowest BCUT2D eigenvalue weighted by atomic mass is 10.0. The molecule has 0 aliphatic rings. The van der Waals surface area contributed by atoms with Crippen molar-refractivity contribution in [2.45, 2.75) is 122 Å². The first-order valence-electron chi connectivity index (χ1n) is 10.5. The van der Waals surface area contributed by atoms with Crippen LogP contribution in [0.5, 0.6) is 0 Å². The molecule has 0 rings (SSSR count). The monoisotopic (exact) mass is 344 g/mol. The second kappa shape index (κ2) is 20.4. The van der Waals surface area contributed by atoms with E-state index in [1.54, 1.807) is 0 Å². The Morgan fingerprint density at radius 3 is 1.00 bits per heavy atom. The number of unbranched alkanes of at least 4 members (excludes halogenated alkanes) is 17. The van der Waals surface area contributed by atoms with Crippen LogP contribution in [0.3, 0.4) is 0 Å². The van der Waals surface area contributed by atoms with E-state index in [1.165, 1.54) is 89.9 Å². The zero-order chi connectivity index (χ0) is 17.7. The fourth-order valence-electron chi connectivity index (χ4n) is 3.20. The molecule has 0 aromatic heterocycles. The molecule has 144 valence electrons. The number of carboxylic acid groups (broad SMARTS) is 1. The Balaban J connectivity index is 2.97. The van der Waals surface area contributed by atoms with Crippen LogP contribution in [0.25, 0.3) is 0 Å². The largest absolute Gasteiger partial charge is 0.481 e. The van der Waals surface area contributed by atoms with Gasteiger partial charge in [-0.05, 0) is 12.8 Å². The van der Waals surface area contributed by atoms with Crippen LogP contribution in [0.15, 0.2) is 0 Å². The van der Waals surface area contributed by atoms with E-state index in [0.29, 0.717) is 6.42 Å². The number of carbonyl (C=O) groups is 1. The Labute approximate surface area is 149 Å². The maximum atomic E-state index is 11.9. The standard InChI is InChI=1S/C21H41FO2/c22-20-18-16-14-12-10-8-6-4-2-1-3-5-7-9-11-13-15-17-19-21(23)24/h1-20H2,(H,23,24). The predicted molar refractivity (Wildman–Crippen MR) is 101 cm³/mol. The van der Waals surface area contributed by atoms with E-state index in [0.717, 1.165) is 25.7 Å². The molecule has 0 unspecified atom stereocenters. The first-order chi connectivity index (χ1) is 11.8. The van der Waals surface area contributed by atoms with E-state index in [1.807, 2.05) is 0 Å². The van der Waals surface area contributed by atoms with Gasteiger partial charge in [0.25, 0.3) is 0 Å². The molecular formula is C21H41FO2. The second-order valence-corrected chi connectivity index (χ2v) is 7.20. The van der Waals surface area contributed by atoms with Crippen LogP contribution < -0.4 is 0 Å². The summed E-state index contributed by atoms with van der Waals surface area (Å²) in [5.74, 6) is -0.663. The van der Waals surface area contributed by atoms with Crippen LogP contribution in [0.4, 0.5) is 4.39 Å². The van der Waals surface area contributed by atoms with E-state index < -0.39 is 5.97 Å². The van der Waals surface area contributed by atoms with Crippen molar-refractivity contribution in [3.05, 3.63) is 0 Å². The van der Waals surface area contributed by atoms with Gasteiger partial charge in [0.15, 0.2) is 0 Å². The van der Waals surface area contributed by atoms with Crippen LogP contribution in [0, 0.1) is 0 Å². The molecule has 0 heterocycles. The zero-order valence-corrected chi connectivity index (χ0v) is 15.9. The SMILES string of the molecule is O=C(O)CCCCCCCCCCCCCCCCCCCCF. The van der Waals surface area contributed by atoms with Gasteiger partial charge in [-0.15, -0.1) is 0 Å². The van der Waals surface area contributed by atoms with E-state index >= 15 is 0 Å². The quantitative estimate of drug-likeness (QED) is 0.233. The van der Waals surface area contributed by atoms with Crippen molar-refractivity contribution in [2.75, 3.05) is 6.67 Å². The van der Waals surface area contributed by atoms with Gasteiger partial charge in [0.1, 0.15) is 0 Å². The van der Waals surface area contributed by atoms with Crippen molar-refractivity contribution in [2.24, 2.45) is 0 Å². The van der Waals surface area contributed by atoms with Gasteiger partial charge in [0, 0.05) is 6.42 Å². The van der Waals surface area contributed by atoms with Gasteiger partial charge in [-0.25, -0.2) is 0 Å². The van der Waals surface area contributed by atoms with Crippen LogP contribution in [0.2, 0.25) is 0 Å². The third kappa shape index (κ3) is 21.4. The van der Waals surface area contributed by atoms with E-state index in [-0.39, 0.29) is 6.67 Å². The highest BCUT2D eigenvalue weighted by atomic mass is 19.1. The summed E-state index contributed by atoms with van der Waals surface area (Å²) >= 11 is 0. The van der Waals surface area contributed by atoms with Gasteiger partial charge >= 0.3 is 5.97 Å². The first kappa shape index (κ1) is 23.4. The van der Waals surface area contributed by atoms with Crippen molar-refractivity contribution < 1.29 is 14.3 Å². The van der Waals surface area contributed by atoms with Gasteiger partial charge < -0.3 is 5.11 Å². The minimum Gasteiger partial charge on any atom is -0.481 e. The Morgan fingerprint density at radius 2 is 0.750 bits per heavy atom. The average Bonchev–Trinajstić information content (AvgIpc) is 2.56. The van der Waals surface area contributed by atoms with Crippen molar-refractivity contribution in [3.63, 3.8) is 0 Å². The molecule has 0 spiro atoms. The van der Waals surface area contributed by atoms with Crippen LogP contribution in [0.1, 0.15) is 122 Å².